The van der Waals surface area contributed by atoms with E-state index in [9.17, 15) is 0 Å². The second-order valence-electron chi connectivity index (χ2n) is 4.89. The summed E-state index contributed by atoms with van der Waals surface area (Å²) in [6.07, 6.45) is 2.17. The molecule has 0 atom stereocenters. The molecule has 0 aliphatic carbocycles. The Morgan fingerprint density at radius 1 is 1.25 bits per heavy atom. The van der Waals surface area contributed by atoms with Crippen molar-refractivity contribution < 1.29 is 0 Å². The molecule has 0 aliphatic heterocycles. The van der Waals surface area contributed by atoms with Crippen molar-refractivity contribution in [3.8, 4) is 0 Å². The molecule has 2 heterocycles. The van der Waals surface area contributed by atoms with Crippen LogP contribution in [-0.2, 0) is 13.1 Å². The lowest BCUT2D eigenvalue weighted by atomic mass is 10.2. The first-order chi connectivity index (χ1) is 9.75. The fraction of sp³-hybridized carbons (Fsp3) is 0.250. The quantitative estimate of drug-likeness (QED) is 0.668. The van der Waals surface area contributed by atoms with Crippen LogP contribution in [0, 0.1) is 6.92 Å². The minimum absolute atomic E-state index is 0.962. The number of fused-ring (bicyclic) bond motifs is 1. The molecule has 3 rings (SSSR count). The first kappa shape index (κ1) is 13.9. The van der Waals surface area contributed by atoms with Crippen LogP contribution in [0.5, 0.6) is 0 Å². The molecule has 0 spiro atoms. The van der Waals surface area contributed by atoms with E-state index in [-0.39, 0.29) is 0 Å². The van der Waals surface area contributed by atoms with Crippen LogP contribution < -0.4 is 5.32 Å². The minimum Gasteiger partial charge on any atom is -0.345 e. The van der Waals surface area contributed by atoms with Gasteiger partial charge in [-0.05, 0) is 45.9 Å². The summed E-state index contributed by atoms with van der Waals surface area (Å²) in [7, 11) is 0. The van der Waals surface area contributed by atoms with Gasteiger partial charge in [0.1, 0.15) is 0 Å². The molecule has 0 unspecified atom stereocenters. The average molecular weight is 349 g/mol. The SMILES string of the molecule is Cc1ccsc1CNCCn1cc(Br)c2ccccc21. The summed E-state index contributed by atoms with van der Waals surface area (Å²) in [5.41, 5.74) is 2.67. The summed E-state index contributed by atoms with van der Waals surface area (Å²) < 4.78 is 3.47. The van der Waals surface area contributed by atoms with Gasteiger partial charge in [-0.1, -0.05) is 18.2 Å². The van der Waals surface area contributed by atoms with Crippen LogP contribution in [-0.4, -0.2) is 11.1 Å². The van der Waals surface area contributed by atoms with Crippen LogP contribution in [0.3, 0.4) is 0 Å². The van der Waals surface area contributed by atoms with Gasteiger partial charge in [0.25, 0.3) is 0 Å². The summed E-state index contributed by atoms with van der Waals surface area (Å²) in [6.45, 7) is 5.09. The van der Waals surface area contributed by atoms with Crippen molar-refractivity contribution in [2.24, 2.45) is 0 Å². The molecule has 104 valence electrons. The third-order valence-electron chi connectivity index (χ3n) is 3.52. The number of para-hydroxylation sites is 1. The average Bonchev–Trinajstić information content (AvgIpc) is 3.00. The highest BCUT2D eigenvalue weighted by atomic mass is 79.9. The van der Waals surface area contributed by atoms with Crippen LogP contribution in [0.25, 0.3) is 10.9 Å². The molecule has 1 N–H and O–H groups in total. The molecule has 2 nitrogen and oxygen atoms in total. The summed E-state index contributed by atoms with van der Waals surface area (Å²) in [6, 6.07) is 10.7. The highest BCUT2D eigenvalue weighted by Gasteiger charge is 2.05. The minimum atomic E-state index is 0.962. The first-order valence-electron chi connectivity index (χ1n) is 6.73. The Balaban J connectivity index is 1.62. The smallest absolute Gasteiger partial charge is 0.0492 e. The number of benzene rings is 1. The molecule has 20 heavy (non-hydrogen) atoms. The molecule has 0 saturated carbocycles. The van der Waals surface area contributed by atoms with Crippen LogP contribution in [0.2, 0.25) is 0 Å². The standard InChI is InChI=1S/C16H17BrN2S/c1-12-6-9-20-16(12)10-18-7-8-19-11-14(17)13-4-2-3-5-15(13)19/h2-6,9,11,18H,7-8,10H2,1H3. The predicted octanol–water partition coefficient (Wildman–Crippen LogP) is 4.56. The van der Waals surface area contributed by atoms with Gasteiger partial charge in [0.15, 0.2) is 0 Å². The number of hydrogen-bond donors (Lipinski definition) is 1. The largest absolute Gasteiger partial charge is 0.345 e. The van der Waals surface area contributed by atoms with Crippen molar-refractivity contribution in [3.63, 3.8) is 0 Å². The van der Waals surface area contributed by atoms with Crippen molar-refractivity contribution in [3.05, 3.63) is 56.8 Å². The molecule has 4 heteroatoms. The number of nitrogens with one attached hydrogen (secondary N) is 1. The lowest BCUT2D eigenvalue weighted by Gasteiger charge is -2.07. The van der Waals surface area contributed by atoms with Gasteiger partial charge in [-0.25, -0.2) is 0 Å². The zero-order valence-corrected chi connectivity index (χ0v) is 13.8. The van der Waals surface area contributed by atoms with E-state index in [2.05, 4.69) is 74.6 Å². The predicted molar refractivity (Wildman–Crippen MR) is 90.4 cm³/mol. The van der Waals surface area contributed by atoms with E-state index in [1.165, 1.54) is 25.8 Å². The Morgan fingerprint density at radius 3 is 2.90 bits per heavy atom. The number of rotatable bonds is 5. The lowest BCUT2D eigenvalue weighted by Crippen LogP contribution is -2.19. The van der Waals surface area contributed by atoms with Crippen molar-refractivity contribution in [1.82, 2.24) is 9.88 Å². The molecular weight excluding hydrogens is 332 g/mol. The van der Waals surface area contributed by atoms with Gasteiger partial charge >= 0.3 is 0 Å². The van der Waals surface area contributed by atoms with Gasteiger partial charge < -0.3 is 9.88 Å². The summed E-state index contributed by atoms with van der Waals surface area (Å²) in [5.74, 6) is 0. The fourth-order valence-electron chi connectivity index (χ4n) is 2.37. The van der Waals surface area contributed by atoms with Gasteiger partial charge in [0.2, 0.25) is 0 Å². The number of thiophene rings is 1. The van der Waals surface area contributed by atoms with Gasteiger partial charge in [0, 0.05) is 46.1 Å². The van der Waals surface area contributed by atoms with Crippen molar-refractivity contribution >= 4 is 38.2 Å². The molecule has 0 aliphatic rings. The zero-order chi connectivity index (χ0) is 13.9. The maximum absolute atomic E-state index is 3.63. The molecule has 2 aromatic heterocycles. The van der Waals surface area contributed by atoms with E-state index in [1.807, 2.05) is 11.3 Å². The van der Waals surface area contributed by atoms with Crippen LogP contribution in [0.4, 0.5) is 0 Å². The van der Waals surface area contributed by atoms with E-state index < -0.39 is 0 Å². The van der Waals surface area contributed by atoms with E-state index in [4.69, 9.17) is 0 Å². The highest BCUT2D eigenvalue weighted by molar-refractivity contribution is 9.10. The fourth-order valence-corrected chi connectivity index (χ4v) is 3.83. The molecular formula is C16H17BrN2S. The molecule has 0 radical (unpaired) electrons. The van der Waals surface area contributed by atoms with E-state index in [0.717, 1.165) is 19.6 Å². The third-order valence-corrected chi connectivity index (χ3v) is 5.18. The van der Waals surface area contributed by atoms with Gasteiger partial charge in [-0.2, -0.15) is 0 Å². The van der Waals surface area contributed by atoms with Gasteiger partial charge in [0.05, 0.1) is 0 Å². The van der Waals surface area contributed by atoms with E-state index in [1.54, 1.807) is 0 Å². The van der Waals surface area contributed by atoms with Gasteiger partial charge in [-0.3, -0.25) is 0 Å². The molecule has 0 saturated heterocycles. The third kappa shape index (κ3) is 2.82. The van der Waals surface area contributed by atoms with E-state index >= 15 is 0 Å². The second kappa shape index (κ2) is 6.12. The van der Waals surface area contributed by atoms with Crippen molar-refractivity contribution in [2.75, 3.05) is 6.54 Å². The van der Waals surface area contributed by atoms with Crippen molar-refractivity contribution in [2.45, 2.75) is 20.0 Å². The van der Waals surface area contributed by atoms with Crippen molar-refractivity contribution in [1.29, 1.82) is 0 Å². The topological polar surface area (TPSA) is 17.0 Å². The lowest BCUT2D eigenvalue weighted by molar-refractivity contribution is 0.611. The molecule has 0 fully saturated rings. The zero-order valence-electron chi connectivity index (χ0n) is 11.4. The number of hydrogen-bond acceptors (Lipinski definition) is 2. The first-order valence-corrected chi connectivity index (χ1v) is 8.40. The normalized spacial score (nSPS) is 11.3. The van der Waals surface area contributed by atoms with Crippen LogP contribution in [0.15, 0.2) is 46.4 Å². The molecule has 1 aromatic carbocycles. The maximum Gasteiger partial charge on any atom is 0.0492 e. The Labute approximate surface area is 131 Å². The number of halogens is 1. The van der Waals surface area contributed by atoms with Crippen LogP contribution in [0.1, 0.15) is 10.4 Å². The second-order valence-corrected chi connectivity index (χ2v) is 6.75. The Bertz CT molecular complexity index is 714. The maximum atomic E-state index is 3.63. The summed E-state index contributed by atoms with van der Waals surface area (Å²) >= 11 is 5.45. The monoisotopic (exact) mass is 348 g/mol. The highest BCUT2D eigenvalue weighted by Crippen LogP contribution is 2.25. The Hall–Kier alpha value is -1.10. The Kier molecular flexibility index (Phi) is 4.24. The molecule has 0 bridgehead atoms. The number of nitrogens with zero attached hydrogens (tertiary/aromatic N) is 1. The summed E-state index contributed by atoms with van der Waals surface area (Å²) in [4.78, 5) is 1.43. The number of aryl methyl sites for hydroxylation is 1. The molecule has 3 aromatic rings. The Morgan fingerprint density at radius 2 is 2.10 bits per heavy atom. The van der Waals surface area contributed by atoms with Crippen LogP contribution >= 0.6 is 27.3 Å². The van der Waals surface area contributed by atoms with E-state index in [0.29, 0.717) is 0 Å². The molecule has 0 amide bonds. The van der Waals surface area contributed by atoms with Gasteiger partial charge in [-0.15, -0.1) is 11.3 Å². The number of aromatic nitrogens is 1. The summed E-state index contributed by atoms with van der Waals surface area (Å²) in [5, 5.41) is 6.96.